The highest BCUT2D eigenvalue weighted by atomic mass is 32.1. The Hall–Kier alpha value is -1.12. The first-order chi connectivity index (χ1) is 7.66. The summed E-state index contributed by atoms with van der Waals surface area (Å²) >= 11 is 1.77. The van der Waals surface area contributed by atoms with Crippen LogP contribution < -0.4 is 5.73 Å². The summed E-state index contributed by atoms with van der Waals surface area (Å²) in [7, 11) is 0. The van der Waals surface area contributed by atoms with E-state index in [2.05, 4.69) is 49.6 Å². The van der Waals surface area contributed by atoms with Crippen molar-refractivity contribution in [2.45, 2.75) is 26.3 Å². The normalized spacial score (nSPS) is 12.7. The summed E-state index contributed by atoms with van der Waals surface area (Å²) in [5.41, 5.74) is 10.1. The van der Waals surface area contributed by atoms with Gasteiger partial charge in [0.15, 0.2) is 0 Å². The minimum atomic E-state index is 0.119. The molecule has 16 heavy (non-hydrogen) atoms. The monoisotopic (exact) mass is 231 g/mol. The molecule has 0 aliphatic carbocycles. The van der Waals surface area contributed by atoms with E-state index in [1.807, 2.05) is 0 Å². The molecule has 2 heteroatoms. The second kappa shape index (κ2) is 4.81. The van der Waals surface area contributed by atoms with E-state index in [1.54, 1.807) is 11.3 Å². The fourth-order valence-electron chi connectivity index (χ4n) is 1.98. The van der Waals surface area contributed by atoms with Crippen LogP contribution in [-0.4, -0.2) is 0 Å². The number of hydrogen-bond donors (Lipinski definition) is 1. The molecule has 2 N–H and O–H groups in total. The van der Waals surface area contributed by atoms with Gasteiger partial charge >= 0.3 is 0 Å². The lowest BCUT2D eigenvalue weighted by Gasteiger charge is -2.12. The summed E-state index contributed by atoms with van der Waals surface area (Å²) in [6.07, 6.45) is 0.916. The summed E-state index contributed by atoms with van der Waals surface area (Å²) < 4.78 is 0. The van der Waals surface area contributed by atoms with Crippen molar-refractivity contribution >= 4 is 11.3 Å². The van der Waals surface area contributed by atoms with Crippen LogP contribution in [0.1, 0.15) is 27.6 Å². The highest BCUT2D eigenvalue weighted by Gasteiger charge is 2.10. The van der Waals surface area contributed by atoms with Crippen molar-refractivity contribution in [2.24, 2.45) is 5.73 Å². The third kappa shape index (κ3) is 2.52. The molecule has 0 radical (unpaired) electrons. The Morgan fingerprint density at radius 1 is 1.25 bits per heavy atom. The second-order valence-electron chi connectivity index (χ2n) is 4.23. The van der Waals surface area contributed by atoms with Gasteiger partial charge < -0.3 is 5.73 Å². The number of thiophene rings is 1. The van der Waals surface area contributed by atoms with Crippen LogP contribution in [0, 0.1) is 13.8 Å². The van der Waals surface area contributed by atoms with E-state index in [9.17, 15) is 0 Å². The zero-order chi connectivity index (χ0) is 11.5. The molecule has 0 saturated heterocycles. The van der Waals surface area contributed by atoms with Crippen molar-refractivity contribution in [3.63, 3.8) is 0 Å². The fourth-order valence-corrected chi connectivity index (χ4v) is 2.76. The van der Waals surface area contributed by atoms with Gasteiger partial charge in [0, 0.05) is 10.9 Å². The minimum Gasteiger partial charge on any atom is -0.324 e. The van der Waals surface area contributed by atoms with Crippen LogP contribution in [0.4, 0.5) is 0 Å². The first kappa shape index (κ1) is 11.4. The van der Waals surface area contributed by atoms with E-state index >= 15 is 0 Å². The number of hydrogen-bond acceptors (Lipinski definition) is 2. The molecule has 0 aliphatic rings. The zero-order valence-electron chi connectivity index (χ0n) is 9.73. The topological polar surface area (TPSA) is 26.0 Å². The quantitative estimate of drug-likeness (QED) is 0.858. The number of nitrogens with two attached hydrogens (primary N) is 1. The average Bonchev–Trinajstić information content (AvgIpc) is 2.64. The van der Waals surface area contributed by atoms with Crippen LogP contribution in [-0.2, 0) is 6.42 Å². The Bertz CT molecular complexity index is 473. The van der Waals surface area contributed by atoms with Crippen LogP contribution in [0.2, 0.25) is 0 Å². The SMILES string of the molecule is Cc1cccc(CC(N)c2ccsc2C)c1. The molecule has 2 aromatic rings. The van der Waals surface area contributed by atoms with Gasteiger partial charge in [0.1, 0.15) is 0 Å². The minimum absolute atomic E-state index is 0.119. The standard InChI is InChI=1S/C14H17NS/c1-10-4-3-5-12(8-10)9-14(15)13-6-7-16-11(13)2/h3-8,14H,9,15H2,1-2H3. The van der Waals surface area contributed by atoms with E-state index in [-0.39, 0.29) is 6.04 Å². The van der Waals surface area contributed by atoms with E-state index in [0.29, 0.717) is 0 Å². The summed E-state index contributed by atoms with van der Waals surface area (Å²) in [5, 5.41) is 2.11. The van der Waals surface area contributed by atoms with Crippen molar-refractivity contribution < 1.29 is 0 Å². The smallest absolute Gasteiger partial charge is 0.0346 e. The van der Waals surface area contributed by atoms with Gasteiger partial charge in [0.2, 0.25) is 0 Å². The highest BCUT2D eigenvalue weighted by Crippen LogP contribution is 2.23. The van der Waals surface area contributed by atoms with Gasteiger partial charge in [-0.1, -0.05) is 29.8 Å². The Morgan fingerprint density at radius 2 is 2.06 bits per heavy atom. The Morgan fingerprint density at radius 3 is 2.69 bits per heavy atom. The lowest BCUT2D eigenvalue weighted by molar-refractivity contribution is 0.720. The molecule has 0 saturated carbocycles. The molecule has 0 aliphatic heterocycles. The Balaban J connectivity index is 2.14. The van der Waals surface area contributed by atoms with E-state index in [4.69, 9.17) is 5.73 Å². The fraction of sp³-hybridized carbons (Fsp3) is 0.286. The predicted molar refractivity (Wildman–Crippen MR) is 70.9 cm³/mol. The van der Waals surface area contributed by atoms with Crippen LogP contribution in [0.25, 0.3) is 0 Å². The summed E-state index contributed by atoms with van der Waals surface area (Å²) in [4.78, 5) is 1.33. The summed E-state index contributed by atoms with van der Waals surface area (Å²) in [6, 6.07) is 10.8. The van der Waals surface area contributed by atoms with Crippen LogP contribution in [0.3, 0.4) is 0 Å². The first-order valence-electron chi connectivity index (χ1n) is 5.52. The summed E-state index contributed by atoms with van der Waals surface area (Å²) in [5.74, 6) is 0. The van der Waals surface area contributed by atoms with Gasteiger partial charge in [-0.05, 0) is 42.8 Å². The van der Waals surface area contributed by atoms with Gasteiger partial charge in [-0.25, -0.2) is 0 Å². The van der Waals surface area contributed by atoms with Crippen LogP contribution in [0.15, 0.2) is 35.7 Å². The maximum absolute atomic E-state index is 6.23. The van der Waals surface area contributed by atoms with Crippen molar-refractivity contribution in [3.05, 3.63) is 57.3 Å². The van der Waals surface area contributed by atoms with E-state index < -0.39 is 0 Å². The van der Waals surface area contributed by atoms with Gasteiger partial charge in [0.25, 0.3) is 0 Å². The Kier molecular flexibility index (Phi) is 3.42. The number of benzene rings is 1. The average molecular weight is 231 g/mol. The largest absolute Gasteiger partial charge is 0.324 e. The second-order valence-corrected chi connectivity index (χ2v) is 5.35. The van der Waals surface area contributed by atoms with Crippen molar-refractivity contribution in [1.82, 2.24) is 0 Å². The number of aryl methyl sites for hydroxylation is 2. The summed E-state index contributed by atoms with van der Waals surface area (Å²) in [6.45, 7) is 4.25. The number of rotatable bonds is 3. The third-order valence-electron chi connectivity index (χ3n) is 2.84. The molecule has 1 aromatic heterocycles. The lowest BCUT2D eigenvalue weighted by Crippen LogP contribution is -2.13. The van der Waals surface area contributed by atoms with Gasteiger partial charge in [0.05, 0.1) is 0 Å². The molecule has 0 amide bonds. The third-order valence-corrected chi connectivity index (χ3v) is 3.70. The molecule has 0 fully saturated rings. The molecule has 0 bridgehead atoms. The van der Waals surface area contributed by atoms with Crippen LogP contribution >= 0.6 is 11.3 Å². The van der Waals surface area contributed by atoms with E-state index in [0.717, 1.165) is 6.42 Å². The maximum atomic E-state index is 6.23. The molecular weight excluding hydrogens is 214 g/mol. The molecule has 1 unspecified atom stereocenters. The molecule has 1 atom stereocenters. The maximum Gasteiger partial charge on any atom is 0.0346 e. The molecular formula is C14H17NS. The predicted octanol–water partition coefficient (Wildman–Crippen LogP) is 3.61. The highest BCUT2D eigenvalue weighted by molar-refractivity contribution is 7.10. The van der Waals surface area contributed by atoms with E-state index in [1.165, 1.54) is 21.6 Å². The van der Waals surface area contributed by atoms with Crippen molar-refractivity contribution in [1.29, 1.82) is 0 Å². The zero-order valence-corrected chi connectivity index (χ0v) is 10.6. The molecule has 1 aromatic carbocycles. The molecule has 0 spiro atoms. The van der Waals surface area contributed by atoms with Gasteiger partial charge in [-0.3, -0.25) is 0 Å². The van der Waals surface area contributed by atoms with Gasteiger partial charge in [-0.15, -0.1) is 11.3 Å². The molecule has 84 valence electrons. The lowest BCUT2D eigenvalue weighted by atomic mass is 9.99. The molecule has 1 nitrogen and oxygen atoms in total. The molecule has 2 rings (SSSR count). The van der Waals surface area contributed by atoms with Crippen LogP contribution in [0.5, 0.6) is 0 Å². The molecule has 1 heterocycles. The van der Waals surface area contributed by atoms with Crippen molar-refractivity contribution in [2.75, 3.05) is 0 Å². The van der Waals surface area contributed by atoms with Crippen molar-refractivity contribution in [3.8, 4) is 0 Å². The Labute approximate surface area is 101 Å². The van der Waals surface area contributed by atoms with Gasteiger partial charge in [-0.2, -0.15) is 0 Å². The first-order valence-corrected chi connectivity index (χ1v) is 6.40.